The molecule has 0 bridgehead atoms. The largest absolute Gasteiger partial charge is 0.372 e. The Balaban J connectivity index is 1.62. The first-order valence-electron chi connectivity index (χ1n) is 9.45. The van der Waals surface area contributed by atoms with Crippen LogP contribution in [0.4, 0.5) is 17.2 Å². The Morgan fingerprint density at radius 1 is 0.964 bits per heavy atom. The maximum atomic E-state index is 12.6. The fourth-order valence-corrected chi connectivity index (χ4v) is 2.90. The third-order valence-corrected chi connectivity index (χ3v) is 4.45. The lowest BCUT2D eigenvalue weighted by Crippen LogP contribution is -2.21. The minimum absolute atomic E-state index is 0.168. The lowest BCUT2D eigenvalue weighted by Gasteiger charge is -2.21. The summed E-state index contributed by atoms with van der Waals surface area (Å²) in [6.45, 7) is 6.71. The molecule has 0 spiro atoms. The van der Waals surface area contributed by atoms with Crippen molar-refractivity contribution in [3.8, 4) is 0 Å². The zero-order chi connectivity index (χ0) is 19.8. The Labute approximate surface area is 165 Å². The highest BCUT2D eigenvalue weighted by molar-refractivity contribution is 6.04. The lowest BCUT2D eigenvalue weighted by molar-refractivity contribution is 0.102. The second-order valence-corrected chi connectivity index (χ2v) is 6.28. The van der Waals surface area contributed by atoms with Crippen LogP contribution in [0.15, 0.2) is 67.0 Å². The number of carbonyl (C=O) groups excluding carboxylic acids is 1. The summed E-state index contributed by atoms with van der Waals surface area (Å²) in [7, 11) is 0. The quantitative estimate of drug-likeness (QED) is 0.618. The van der Waals surface area contributed by atoms with Crippen LogP contribution in [0.2, 0.25) is 0 Å². The predicted octanol–water partition coefficient (Wildman–Crippen LogP) is 4.19. The number of hydrogen-bond acceptors (Lipinski definition) is 5. The molecule has 0 saturated heterocycles. The van der Waals surface area contributed by atoms with Gasteiger partial charge in [-0.3, -0.25) is 9.78 Å². The van der Waals surface area contributed by atoms with Crippen molar-refractivity contribution in [3.63, 3.8) is 0 Å². The molecule has 0 aliphatic carbocycles. The van der Waals surface area contributed by atoms with Gasteiger partial charge in [-0.2, -0.15) is 0 Å². The van der Waals surface area contributed by atoms with Crippen molar-refractivity contribution in [1.29, 1.82) is 0 Å². The fraction of sp³-hybridized carbons (Fsp3) is 0.227. The van der Waals surface area contributed by atoms with E-state index in [9.17, 15) is 4.79 Å². The van der Waals surface area contributed by atoms with Gasteiger partial charge in [0.05, 0.1) is 12.2 Å². The molecule has 2 aromatic heterocycles. The molecule has 6 nitrogen and oxygen atoms in total. The average molecular weight is 375 g/mol. The molecule has 0 aliphatic rings. The zero-order valence-electron chi connectivity index (χ0n) is 16.2. The highest BCUT2D eigenvalue weighted by atomic mass is 16.1. The number of anilines is 3. The van der Waals surface area contributed by atoms with Gasteiger partial charge in [0.25, 0.3) is 5.91 Å². The maximum absolute atomic E-state index is 12.6. The number of amides is 1. The van der Waals surface area contributed by atoms with E-state index in [1.165, 1.54) is 0 Å². The molecule has 0 unspecified atom stereocenters. The summed E-state index contributed by atoms with van der Waals surface area (Å²) in [6, 6.07) is 17.1. The molecule has 6 heteroatoms. The molecule has 2 N–H and O–H groups in total. The molecule has 2 heterocycles. The van der Waals surface area contributed by atoms with Gasteiger partial charge in [0.2, 0.25) is 0 Å². The number of rotatable bonds is 8. The molecule has 1 amide bonds. The second-order valence-electron chi connectivity index (χ2n) is 6.28. The molecule has 0 atom stereocenters. The Bertz CT molecular complexity index is 892. The number of carbonyl (C=O) groups is 1. The van der Waals surface area contributed by atoms with Gasteiger partial charge in [0, 0.05) is 42.4 Å². The van der Waals surface area contributed by atoms with Crippen LogP contribution < -0.4 is 15.5 Å². The van der Waals surface area contributed by atoms with Crippen LogP contribution in [0, 0.1) is 0 Å². The molecule has 3 rings (SSSR count). The summed E-state index contributed by atoms with van der Waals surface area (Å²) in [6.07, 6.45) is 3.37. The molecular weight excluding hydrogens is 350 g/mol. The highest BCUT2D eigenvalue weighted by Crippen LogP contribution is 2.18. The van der Waals surface area contributed by atoms with Crippen molar-refractivity contribution in [2.24, 2.45) is 0 Å². The van der Waals surface area contributed by atoms with E-state index in [-0.39, 0.29) is 5.91 Å². The molecule has 3 aromatic rings. The van der Waals surface area contributed by atoms with Gasteiger partial charge in [-0.05, 0) is 62.4 Å². The van der Waals surface area contributed by atoms with E-state index in [0.29, 0.717) is 17.9 Å². The van der Waals surface area contributed by atoms with Crippen molar-refractivity contribution >= 4 is 23.1 Å². The van der Waals surface area contributed by atoms with E-state index in [1.807, 2.05) is 42.5 Å². The van der Waals surface area contributed by atoms with Crippen LogP contribution in [-0.2, 0) is 6.54 Å². The molecule has 0 aliphatic heterocycles. The number of benzene rings is 1. The summed E-state index contributed by atoms with van der Waals surface area (Å²) < 4.78 is 0. The third kappa shape index (κ3) is 5.07. The molecule has 28 heavy (non-hydrogen) atoms. The predicted molar refractivity (Wildman–Crippen MR) is 114 cm³/mol. The molecule has 0 fully saturated rings. The molecule has 1 aromatic carbocycles. The van der Waals surface area contributed by atoms with Crippen molar-refractivity contribution in [2.75, 3.05) is 28.6 Å². The standard InChI is InChI=1S/C22H25N5O/c1-3-27(4-2)20-10-8-18(9-11-20)26-22(28)17-12-14-24-21(15-17)25-16-19-7-5-6-13-23-19/h5-15H,3-4,16H2,1-2H3,(H,24,25)(H,26,28). The average Bonchev–Trinajstić information content (AvgIpc) is 2.75. The molecular formula is C22H25N5O. The van der Waals surface area contributed by atoms with E-state index in [0.717, 1.165) is 30.2 Å². The second kappa shape index (κ2) is 9.50. The van der Waals surface area contributed by atoms with Crippen LogP contribution >= 0.6 is 0 Å². The van der Waals surface area contributed by atoms with Crippen molar-refractivity contribution in [2.45, 2.75) is 20.4 Å². The van der Waals surface area contributed by atoms with Crippen LogP contribution in [-0.4, -0.2) is 29.0 Å². The Kier molecular flexibility index (Phi) is 6.57. The normalized spacial score (nSPS) is 10.4. The summed E-state index contributed by atoms with van der Waals surface area (Å²) in [5, 5.41) is 6.13. The van der Waals surface area contributed by atoms with E-state index in [1.54, 1.807) is 24.5 Å². The van der Waals surface area contributed by atoms with Gasteiger partial charge in [-0.1, -0.05) is 6.07 Å². The first-order valence-corrected chi connectivity index (χ1v) is 9.45. The fourth-order valence-electron chi connectivity index (χ4n) is 2.90. The van der Waals surface area contributed by atoms with Gasteiger partial charge < -0.3 is 15.5 Å². The van der Waals surface area contributed by atoms with E-state index >= 15 is 0 Å². The zero-order valence-corrected chi connectivity index (χ0v) is 16.2. The van der Waals surface area contributed by atoms with Crippen molar-refractivity contribution in [1.82, 2.24) is 9.97 Å². The van der Waals surface area contributed by atoms with Crippen LogP contribution in [0.25, 0.3) is 0 Å². The van der Waals surface area contributed by atoms with E-state index in [4.69, 9.17) is 0 Å². The number of nitrogens with zero attached hydrogens (tertiary/aromatic N) is 3. The Hall–Kier alpha value is -3.41. The summed E-state index contributed by atoms with van der Waals surface area (Å²) >= 11 is 0. The van der Waals surface area contributed by atoms with Crippen molar-refractivity contribution < 1.29 is 4.79 Å². The van der Waals surface area contributed by atoms with Gasteiger partial charge >= 0.3 is 0 Å². The molecule has 0 saturated carbocycles. The lowest BCUT2D eigenvalue weighted by atomic mass is 10.2. The first kappa shape index (κ1) is 19.4. The van der Waals surface area contributed by atoms with Gasteiger partial charge in [0.15, 0.2) is 0 Å². The summed E-state index contributed by atoms with van der Waals surface area (Å²) in [4.78, 5) is 23.4. The summed E-state index contributed by atoms with van der Waals surface area (Å²) in [5.41, 5.74) is 3.37. The molecule has 0 radical (unpaired) electrons. The molecule has 144 valence electrons. The van der Waals surface area contributed by atoms with Gasteiger partial charge in [0.1, 0.15) is 5.82 Å². The van der Waals surface area contributed by atoms with Crippen LogP contribution in [0.5, 0.6) is 0 Å². The smallest absolute Gasteiger partial charge is 0.255 e. The Morgan fingerprint density at radius 3 is 2.43 bits per heavy atom. The monoisotopic (exact) mass is 375 g/mol. The van der Waals surface area contributed by atoms with Crippen LogP contribution in [0.3, 0.4) is 0 Å². The van der Waals surface area contributed by atoms with E-state index < -0.39 is 0 Å². The number of pyridine rings is 2. The first-order chi connectivity index (χ1) is 13.7. The topological polar surface area (TPSA) is 70.2 Å². The number of nitrogens with one attached hydrogen (secondary N) is 2. The van der Waals surface area contributed by atoms with Gasteiger partial charge in [-0.15, -0.1) is 0 Å². The number of hydrogen-bond donors (Lipinski definition) is 2. The van der Waals surface area contributed by atoms with Crippen LogP contribution in [0.1, 0.15) is 29.9 Å². The van der Waals surface area contributed by atoms with Crippen molar-refractivity contribution in [3.05, 3.63) is 78.2 Å². The third-order valence-electron chi connectivity index (χ3n) is 4.45. The van der Waals surface area contributed by atoms with E-state index in [2.05, 4.69) is 39.3 Å². The number of aromatic nitrogens is 2. The maximum Gasteiger partial charge on any atom is 0.255 e. The Morgan fingerprint density at radius 2 is 1.75 bits per heavy atom. The SMILES string of the molecule is CCN(CC)c1ccc(NC(=O)c2ccnc(NCc3ccccn3)c2)cc1. The highest BCUT2D eigenvalue weighted by Gasteiger charge is 2.08. The minimum atomic E-state index is -0.168. The minimum Gasteiger partial charge on any atom is -0.372 e. The summed E-state index contributed by atoms with van der Waals surface area (Å²) in [5.74, 6) is 0.467. The van der Waals surface area contributed by atoms with Gasteiger partial charge in [-0.25, -0.2) is 4.98 Å².